The fraction of sp³-hybridized carbons (Fsp3) is 0. The first-order valence-corrected chi connectivity index (χ1v) is 6.73. The molecular formula is C16H10S2. The summed E-state index contributed by atoms with van der Waals surface area (Å²) in [7, 11) is 0. The lowest BCUT2D eigenvalue weighted by atomic mass is 9.94. The zero-order valence-corrected chi connectivity index (χ0v) is 11.3. The first-order valence-electron chi connectivity index (χ1n) is 5.84. The highest BCUT2D eigenvalue weighted by Gasteiger charge is 2.11. The Morgan fingerprint density at radius 1 is 0.667 bits per heavy atom. The molecule has 0 heterocycles. The molecule has 0 aliphatic rings. The van der Waals surface area contributed by atoms with Crippen molar-refractivity contribution in [3.8, 4) is 0 Å². The Bertz CT molecular complexity index is 878. The summed E-state index contributed by atoms with van der Waals surface area (Å²) in [5, 5.41) is 7.61. The van der Waals surface area contributed by atoms with Gasteiger partial charge in [-0.15, -0.1) is 25.3 Å². The van der Waals surface area contributed by atoms with E-state index in [1.807, 2.05) is 0 Å². The van der Waals surface area contributed by atoms with Crippen LogP contribution in [0.1, 0.15) is 0 Å². The van der Waals surface area contributed by atoms with Crippen molar-refractivity contribution in [2.45, 2.75) is 9.79 Å². The molecule has 0 aliphatic heterocycles. The molecule has 2 heteroatoms. The van der Waals surface area contributed by atoms with Gasteiger partial charge in [0.05, 0.1) is 0 Å². The maximum atomic E-state index is 4.59. The van der Waals surface area contributed by atoms with Gasteiger partial charge in [-0.05, 0) is 38.4 Å². The molecule has 0 unspecified atom stereocenters. The minimum absolute atomic E-state index is 0.934. The van der Waals surface area contributed by atoms with Gasteiger partial charge in [0, 0.05) is 9.79 Å². The van der Waals surface area contributed by atoms with Gasteiger partial charge in [0.15, 0.2) is 0 Å². The average molecular weight is 266 g/mol. The SMILES string of the molecule is Sc1cc2ccc3cccc4ccc(c1S)c2c34. The van der Waals surface area contributed by atoms with Gasteiger partial charge in [-0.2, -0.15) is 0 Å². The van der Waals surface area contributed by atoms with Crippen molar-refractivity contribution in [1.82, 2.24) is 0 Å². The summed E-state index contributed by atoms with van der Waals surface area (Å²) in [4.78, 5) is 1.90. The predicted molar refractivity (Wildman–Crippen MR) is 84.7 cm³/mol. The zero-order valence-electron chi connectivity index (χ0n) is 9.51. The molecule has 0 atom stereocenters. The van der Waals surface area contributed by atoms with Gasteiger partial charge in [-0.25, -0.2) is 0 Å². The molecule has 4 aromatic rings. The van der Waals surface area contributed by atoms with Crippen molar-refractivity contribution in [2.24, 2.45) is 0 Å². The predicted octanol–water partition coefficient (Wildman–Crippen LogP) is 5.16. The van der Waals surface area contributed by atoms with E-state index in [0.29, 0.717) is 0 Å². The lowest BCUT2D eigenvalue weighted by Gasteiger charge is -2.13. The first kappa shape index (κ1) is 10.5. The van der Waals surface area contributed by atoms with Crippen LogP contribution < -0.4 is 0 Å². The van der Waals surface area contributed by atoms with Crippen LogP contribution in [0.25, 0.3) is 32.3 Å². The first-order chi connectivity index (χ1) is 8.75. The molecule has 0 aliphatic carbocycles. The normalized spacial score (nSPS) is 11.9. The van der Waals surface area contributed by atoms with Gasteiger partial charge in [0.1, 0.15) is 0 Å². The highest BCUT2D eigenvalue weighted by atomic mass is 32.1. The van der Waals surface area contributed by atoms with Crippen LogP contribution >= 0.6 is 25.3 Å². The second-order valence-electron chi connectivity index (χ2n) is 4.60. The highest BCUT2D eigenvalue weighted by molar-refractivity contribution is 7.83. The Balaban J connectivity index is 2.46. The number of hydrogen-bond donors (Lipinski definition) is 2. The molecule has 4 rings (SSSR count). The van der Waals surface area contributed by atoms with Crippen molar-refractivity contribution in [3.63, 3.8) is 0 Å². The summed E-state index contributed by atoms with van der Waals surface area (Å²) >= 11 is 9.10. The Kier molecular flexibility index (Phi) is 2.08. The van der Waals surface area contributed by atoms with Crippen LogP contribution in [-0.2, 0) is 0 Å². The van der Waals surface area contributed by atoms with E-state index in [9.17, 15) is 0 Å². The molecule has 0 saturated carbocycles. The van der Waals surface area contributed by atoms with Gasteiger partial charge in [0.25, 0.3) is 0 Å². The molecule has 18 heavy (non-hydrogen) atoms. The van der Waals surface area contributed by atoms with Crippen LogP contribution in [0.3, 0.4) is 0 Å². The second-order valence-corrected chi connectivity index (χ2v) is 5.53. The highest BCUT2D eigenvalue weighted by Crippen LogP contribution is 2.39. The molecule has 0 aromatic heterocycles. The van der Waals surface area contributed by atoms with E-state index >= 15 is 0 Å². The van der Waals surface area contributed by atoms with Gasteiger partial charge in [-0.1, -0.05) is 42.5 Å². The lowest BCUT2D eigenvalue weighted by Crippen LogP contribution is -1.85. The third kappa shape index (κ3) is 1.25. The standard InChI is InChI=1S/C16H10S2/c17-13-8-11-5-4-9-2-1-3-10-6-7-12(16(13)18)15(11)14(9)10/h1-8,17-18H. The Morgan fingerprint density at radius 3 is 2.11 bits per heavy atom. The third-order valence-electron chi connectivity index (χ3n) is 3.60. The van der Waals surface area contributed by atoms with E-state index in [-0.39, 0.29) is 0 Å². The van der Waals surface area contributed by atoms with Crippen molar-refractivity contribution in [2.75, 3.05) is 0 Å². The Morgan fingerprint density at radius 2 is 1.33 bits per heavy atom. The van der Waals surface area contributed by atoms with E-state index < -0.39 is 0 Å². The third-order valence-corrected chi connectivity index (χ3v) is 4.61. The van der Waals surface area contributed by atoms with Crippen molar-refractivity contribution in [1.29, 1.82) is 0 Å². The summed E-state index contributed by atoms with van der Waals surface area (Å²) in [5.74, 6) is 0. The maximum absolute atomic E-state index is 4.59. The minimum Gasteiger partial charge on any atom is -0.142 e. The summed E-state index contributed by atoms with van der Waals surface area (Å²) in [6, 6.07) is 17.2. The fourth-order valence-corrected chi connectivity index (χ4v) is 3.29. The van der Waals surface area contributed by atoms with Crippen LogP contribution in [0, 0.1) is 0 Å². The fourth-order valence-electron chi connectivity index (χ4n) is 2.78. The summed E-state index contributed by atoms with van der Waals surface area (Å²) < 4.78 is 0. The molecule has 0 amide bonds. The van der Waals surface area contributed by atoms with Gasteiger partial charge in [-0.3, -0.25) is 0 Å². The number of rotatable bonds is 0. The zero-order chi connectivity index (χ0) is 12.3. The summed E-state index contributed by atoms with van der Waals surface area (Å²) in [6.45, 7) is 0. The Hall–Kier alpha value is -1.38. The number of thiol groups is 2. The number of hydrogen-bond acceptors (Lipinski definition) is 2. The van der Waals surface area contributed by atoms with Crippen LogP contribution in [0.15, 0.2) is 58.3 Å². The van der Waals surface area contributed by atoms with Crippen molar-refractivity contribution in [3.05, 3.63) is 48.5 Å². The average Bonchev–Trinajstić information content (AvgIpc) is 2.40. The summed E-state index contributed by atoms with van der Waals surface area (Å²) in [5.41, 5.74) is 0. The molecule has 0 spiro atoms. The summed E-state index contributed by atoms with van der Waals surface area (Å²) in [6.07, 6.45) is 0. The van der Waals surface area contributed by atoms with Crippen molar-refractivity contribution >= 4 is 57.6 Å². The smallest absolute Gasteiger partial charge is 0.0253 e. The maximum Gasteiger partial charge on any atom is 0.0253 e. The largest absolute Gasteiger partial charge is 0.142 e. The molecule has 0 radical (unpaired) electrons. The molecular weight excluding hydrogens is 256 g/mol. The van der Waals surface area contributed by atoms with Crippen LogP contribution in [-0.4, -0.2) is 0 Å². The van der Waals surface area contributed by atoms with Crippen molar-refractivity contribution < 1.29 is 0 Å². The topological polar surface area (TPSA) is 0 Å². The number of benzene rings is 4. The molecule has 0 fully saturated rings. The van der Waals surface area contributed by atoms with E-state index in [2.05, 4.69) is 73.8 Å². The van der Waals surface area contributed by atoms with Crippen LogP contribution in [0.5, 0.6) is 0 Å². The minimum atomic E-state index is 0.934. The molecule has 0 saturated heterocycles. The Labute approximate surface area is 116 Å². The molecule has 4 aromatic carbocycles. The van der Waals surface area contributed by atoms with Crippen LogP contribution in [0.2, 0.25) is 0 Å². The van der Waals surface area contributed by atoms with Crippen LogP contribution in [0.4, 0.5) is 0 Å². The van der Waals surface area contributed by atoms with Gasteiger partial charge < -0.3 is 0 Å². The molecule has 0 N–H and O–H groups in total. The van der Waals surface area contributed by atoms with Gasteiger partial charge >= 0.3 is 0 Å². The molecule has 0 nitrogen and oxygen atoms in total. The lowest BCUT2D eigenvalue weighted by molar-refractivity contribution is 1.34. The molecule has 0 bridgehead atoms. The van der Waals surface area contributed by atoms with E-state index in [1.54, 1.807) is 0 Å². The van der Waals surface area contributed by atoms with E-state index in [4.69, 9.17) is 0 Å². The van der Waals surface area contributed by atoms with E-state index in [0.717, 1.165) is 9.79 Å². The van der Waals surface area contributed by atoms with E-state index in [1.165, 1.54) is 32.3 Å². The molecule has 86 valence electrons. The monoisotopic (exact) mass is 266 g/mol. The quantitative estimate of drug-likeness (QED) is 0.319. The second kappa shape index (κ2) is 3.56. The van der Waals surface area contributed by atoms with Gasteiger partial charge in [0.2, 0.25) is 0 Å².